The SMILES string of the molecule is COSc1ccc2[se]c(/C=C3/C=C4C=C(/C=C/C=C5\Oc6ccc(S(C)=O)cc6N5CCCCS(=O)(=O)O)CCC4CC3)[n+](CC(=O)NC(=O)CC(=O)O)c2c1. The molecule has 0 fully saturated rings. The van der Waals surface area contributed by atoms with E-state index in [2.05, 4.69) is 29.6 Å². The second kappa shape index (κ2) is 18.4. The zero-order chi connectivity index (χ0) is 40.0. The molecule has 2 unspecified atom stereocenters. The minimum absolute atomic E-state index is 0.120. The minimum atomic E-state index is -4.06. The second-order valence-corrected chi connectivity index (χ2v) is 19.7. The van der Waals surface area contributed by atoms with Gasteiger partial charge < -0.3 is 0 Å². The number of unbranched alkanes of at least 4 members (excludes halogenated alkanes) is 1. The van der Waals surface area contributed by atoms with Gasteiger partial charge in [-0.15, -0.1) is 0 Å². The molecule has 2 aromatic carbocycles. The van der Waals surface area contributed by atoms with Crippen molar-refractivity contribution < 1.29 is 50.2 Å². The van der Waals surface area contributed by atoms with E-state index in [9.17, 15) is 31.6 Å². The van der Waals surface area contributed by atoms with E-state index in [4.69, 9.17) is 14.0 Å². The number of anilines is 1. The molecule has 13 nitrogen and oxygen atoms in total. The van der Waals surface area contributed by atoms with Gasteiger partial charge >= 0.3 is 236 Å². The van der Waals surface area contributed by atoms with E-state index in [1.807, 2.05) is 45.9 Å². The zero-order valence-electron chi connectivity index (χ0n) is 30.8. The Kier molecular flexibility index (Phi) is 13.7. The van der Waals surface area contributed by atoms with Crippen LogP contribution in [0.1, 0.15) is 49.5 Å². The molecule has 1 aliphatic heterocycles. The van der Waals surface area contributed by atoms with Crippen LogP contribution in [0.15, 0.2) is 99.2 Å². The number of carbonyl (C=O) groups excluding carboxylic acids is 2. The summed E-state index contributed by atoms with van der Waals surface area (Å²) in [6.45, 7) is 0.303. The molecule has 3 aliphatic rings. The number of imide groups is 1. The van der Waals surface area contributed by atoms with E-state index >= 15 is 0 Å². The number of allylic oxidation sites excluding steroid dienone is 8. The Morgan fingerprint density at radius 3 is 2.68 bits per heavy atom. The topological polar surface area (TPSA) is 180 Å². The van der Waals surface area contributed by atoms with Crippen LogP contribution in [0.5, 0.6) is 5.75 Å². The van der Waals surface area contributed by atoms with Crippen LogP contribution >= 0.6 is 12.0 Å². The van der Waals surface area contributed by atoms with Gasteiger partial charge in [0.15, 0.2) is 5.75 Å². The van der Waals surface area contributed by atoms with Crippen molar-refractivity contribution in [3.05, 3.63) is 93.9 Å². The second-order valence-electron chi connectivity index (χ2n) is 13.5. The molecule has 2 atom stereocenters. The summed E-state index contributed by atoms with van der Waals surface area (Å²) in [5.41, 5.74) is 5.13. The summed E-state index contributed by atoms with van der Waals surface area (Å²) < 4.78 is 59.3. The first-order chi connectivity index (χ1) is 26.8. The molecule has 2 heterocycles. The summed E-state index contributed by atoms with van der Waals surface area (Å²) in [4.78, 5) is 39.4. The fourth-order valence-corrected chi connectivity index (χ4v) is 10.8. The summed E-state index contributed by atoms with van der Waals surface area (Å²) in [5.74, 6) is -1.48. The number of rotatable bonds is 15. The number of carboxylic acid groups (broad SMARTS) is 1. The van der Waals surface area contributed by atoms with Crippen LogP contribution < -0.4 is 19.5 Å². The Bertz CT molecular complexity index is 2350. The zero-order valence-corrected chi connectivity index (χ0v) is 34.9. The van der Waals surface area contributed by atoms with Crippen molar-refractivity contribution >= 4 is 86.8 Å². The van der Waals surface area contributed by atoms with Crippen LogP contribution in [0.2, 0.25) is 0 Å². The molecule has 3 N–H and O–H groups in total. The third kappa shape index (κ3) is 10.8. The van der Waals surface area contributed by atoms with Gasteiger partial charge in [0.25, 0.3) is 10.1 Å². The third-order valence-corrected chi connectivity index (χ3v) is 14.1. The van der Waals surface area contributed by atoms with Crippen LogP contribution in [-0.4, -0.2) is 80.2 Å². The van der Waals surface area contributed by atoms with Gasteiger partial charge in [-0.25, -0.2) is 0 Å². The number of benzene rings is 2. The molecular weight excluding hydrogens is 846 g/mol. The molecule has 3 aromatic rings. The first-order valence-corrected chi connectivity index (χ1v) is 23.5. The van der Waals surface area contributed by atoms with Crippen molar-refractivity contribution in [1.29, 1.82) is 0 Å². The molecule has 0 saturated heterocycles. The van der Waals surface area contributed by atoms with Gasteiger partial charge in [0.05, 0.1) is 11.4 Å². The van der Waals surface area contributed by atoms with Gasteiger partial charge in [-0.1, -0.05) is 0 Å². The van der Waals surface area contributed by atoms with Crippen molar-refractivity contribution in [2.24, 2.45) is 5.92 Å². The van der Waals surface area contributed by atoms with Gasteiger partial charge in [0.2, 0.25) is 0 Å². The summed E-state index contributed by atoms with van der Waals surface area (Å²) in [7, 11) is -3.68. The van der Waals surface area contributed by atoms with Crippen molar-refractivity contribution in [2.75, 3.05) is 30.6 Å². The maximum atomic E-state index is 12.9. The molecule has 296 valence electrons. The quantitative estimate of drug-likeness (QED) is 0.0460. The average Bonchev–Trinajstić information content (AvgIpc) is 3.65. The van der Waals surface area contributed by atoms with E-state index in [-0.39, 0.29) is 33.2 Å². The Balaban J connectivity index is 1.23. The third-order valence-electron chi connectivity index (χ3n) is 9.44. The summed E-state index contributed by atoms with van der Waals surface area (Å²) in [6, 6.07) is 11.3. The Morgan fingerprint density at radius 2 is 1.93 bits per heavy atom. The Hall–Kier alpha value is -4.09. The van der Waals surface area contributed by atoms with Crippen LogP contribution in [0.4, 0.5) is 5.69 Å². The number of hydrogen-bond donors (Lipinski definition) is 3. The van der Waals surface area contributed by atoms with Gasteiger partial charge in [0.1, 0.15) is 0 Å². The van der Waals surface area contributed by atoms with E-state index in [0.29, 0.717) is 35.4 Å². The predicted octanol–water partition coefficient (Wildman–Crippen LogP) is 5.10. The number of aliphatic carboxylic acids is 1. The summed E-state index contributed by atoms with van der Waals surface area (Å²) >= 11 is 1.09. The number of hydrogen-bond acceptors (Lipinski definition) is 10. The normalized spacial score (nSPS) is 18.8. The molecule has 6 rings (SSSR count). The van der Waals surface area contributed by atoms with Crippen LogP contribution in [0, 0.1) is 5.92 Å². The Labute approximate surface area is 338 Å². The molecular formula is C39H42N3O10S3Se+. The molecule has 17 heteroatoms. The maximum absolute atomic E-state index is 12.9. The standard InChI is InChI=1S/C39H41N3O10S3Se/c1-51-53-29-12-15-34-32(21-29)42(24-36(44)40-35(43)23-39(45)46)38(56-34)20-26-9-11-27-10-8-25(18-28(27)19-26)6-5-7-37-41(16-3-4-17-55(48,49)50)31-22-30(54(2)47)13-14-33(31)52-37/h5-7,12-15,18-22,27H,3-4,8-11,16-17,23-24H2,1-2H3,(H2-,40,43,44,45,46,48,49,50)/p+1. The van der Waals surface area contributed by atoms with Crippen molar-refractivity contribution in [2.45, 2.75) is 61.3 Å². The van der Waals surface area contributed by atoms with E-state index in [1.54, 1.807) is 25.5 Å². The van der Waals surface area contributed by atoms with Crippen LogP contribution in [-0.2, 0) is 46.0 Å². The number of amides is 2. The van der Waals surface area contributed by atoms with Gasteiger partial charge in [-0.2, -0.15) is 8.42 Å². The van der Waals surface area contributed by atoms with Gasteiger partial charge in [-0.3, -0.25) is 8.76 Å². The molecule has 1 aromatic heterocycles. The molecule has 56 heavy (non-hydrogen) atoms. The van der Waals surface area contributed by atoms with E-state index < -0.39 is 45.1 Å². The van der Waals surface area contributed by atoms with Gasteiger partial charge in [0, 0.05) is 28.5 Å². The monoisotopic (exact) mass is 888 g/mol. The van der Waals surface area contributed by atoms with Crippen molar-refractivity contribution in [3.63, 3.8) is 0 Å². The molecule has 2 amide bonds. The number of fused-ring (bicyclic) bond motifs is 3. The number of aromatic nitrogens is 1. The molecule has 2 aliphatic carbocycles. The number of nitrogens with one attached hydrogen (secondary N) is 1. The average molecular weight is 888 g/mol. The summed E-state index contributed by atoms with van der Waals surface area (Å²) in [5, 5.41) is 11.2. The van der Waals surface area contributed by atoms with Crippen molar-refractivity contribution in [1.82, 2.24) is 5.32 Å². The predicted molar refractivity (Wildman–Crippen MR) is 215 cm³/mol. The number of nitrogens with zero attached hydrogens (tertiary/aromatic N) is 2. The van der Waals surface area contributed by atoms with Crippen LogP contribution in [0.25, 0.3) is 15.9 Å². The molecule has 0 saturated carbocycles. The first kappa shape index (κ1) is 41.5. The van der Waals surface area contributed by atoms with E-state index in [1.165, 1.54) is 17.6 Å². The number of carboxylic acids is 1. The number of carbonyl (C=O) groups is 3. The fraction of sp³-hybridized carbons (Fsp3) is 0.333. The molecule has 0 spiro atoms. The number of ether oxygens (including phenoxy) is 1. The van der Waals surface area contributed by atoms with Crippen molar-refractivity contribution in [3.8, 4) is 5.75 Å². The Morgan fingerprint density at radius 1 is 1.12 bits per heavy atom. The van der Waals surface area contributed by atoms with E-state index in [0.717, 1.165) is 61.8 Å². The van der Waals surface area contributed by atoms with Crippen LogP contribution in [0.3, 0.4) is 0 Å². The molecule has 0 bridgehead atoms. The summed E-state index contributed by atoms with van der Waals surface area (Å²) in [6.07, 6.45) is 17.8. The fourth-order valence-electron chi connectivity index (χ4n) is 6.86. The molecule has 0 radical (unpaired) electrons. The van der Waals surface area contributed by atoms with Gasteiger partial charge in [-0.05, 0) is 31.0 Å². The first-order valence-electron chi connectivity index (χ1n) is 17.9.